The van der Waals surface area contributed by atoms with E-state index < -0.39 is 23.6 Å². The summed E-state index contributed by atoms with van der Waals surface area (Å²) in [4.78, 5) is 11.3. The number of hydrogen-bond acceptors (Lipinski definition) is 3. The Kier molecular flexibility index (Phi) is 4.58. The Morgan fingerprint density at radius 2 is 1.95 bits per heavy atom. The van der Waals surface area contributed by atoms with Crippen molar-refractivity contribution in [1.82, 2.24) is 0 Å². The molecule has 1 rings (SSSR count). The number of esters is 1. The van der Waals surface area contributed by atoms with Crippen molar-refractivity contribution in [3.63, 3.8) is 0 Å². The smallest absolute Gasteiger partial charge is 0.399 e. The monoisotopic (exact) mass is 274 g/mol. The maximum Gasteiger partial charge on any atom is 0.399 e. The molecule has 1 atom stereocenters. The molecule has 0 aliphatic heterocycles. The van der Waals surface area contributed by atoms with E-state index in [0.717, 1.165) is 7.11 Å². The first-order valence-electron chi connectivity index (χ1n) is 5.29. The van der Waals surface area contributed by atoms with Crippen molar-refractivity contribution in [2.75, 3.05) is 14.2 Å². The van der Waals surface area contributed by atoms with Crippen LogP contribution in [0.3, 0.4) is 0 Å². The number of benzene rings is 1. The van der Waals surface area contributed by atoms with Crippen LogP contribution in [0.5, 0.6) is 5.75 Å². The summed E-state index contributed by atoms with van der Waals surface area (Å²) in [6.45, 7) is 3.19. The summed E-state index contributed by atoms with van der Waals surface area (Å²) in [5, 5.41) is 0. The molecule has 1 aromatic rings. The van der Waals surface area contributed by atoms with Gasteiger partial charge >= 0.3 is 12.1 Å². The van der Waals surface area contributed by atoms with Gasteiger partial charge in [0.05, 0.1) is 14.2 Å². The van der Waals surface area contributed by atoms with E-state index in [4.69, 9.17) is 4.74 Å². The van der Waals surface area contributed by atoms with Gasteiger partial charge < -0.3 is 9.47 Å². The SMILES string of the molecule is C=C(C(=O)OC)C(c1cccc(OC)c1)C(F)(F)F. The number of rotatable bonds is 4. The van der Waals surface area contributed by atoms with Crippen LogP contribution in [0.2, 0.25) is 0 Å². The third-order valence-corrected chi connectivity index (χ3v) is 2.55. The fraction of sp³-hybridized carbons (Fsp3) is 0.308. The molecular weight excluding hydrogens is 261 g/mol. The van der Waals surface area contributed by atoms with Gasteiger partial charge in [-0.2, -0.15) is 13.2 Å². The third-order valence-electron chi connectivity index (χ3n) is 2.55. The molecule has 0 aliphatic rings. The highest BCUT2D eigenvalue weighted by Crippen LogP contribution is 2.40. The lowest BCUT2D eigenvalue weighted by Crippen LogP contribution is -2.26. The van der Waals surface area contributed by atoms with Crippen LogP contribution >= 0.6 is 0 Å². The van der Waals surface area contributed by atoms with E-state index in [2.05, 4.69) is 11.3 Å². The maximum atomic E-state index is 13.1. The Bertz CT molecular complexity index is 480. The Morgan fingerprint density at radius 3 is 2.42 bits per heavy atom. The lowest BCUT2D eigenvalue weighted by Gasteiger charge is -2.21. The molecule has 1 unspecified atom stereocenters. The average molecular weight is 274 g/mol. The van der Waals surface area contributed by atoms with Crippen molar-refractivity contribution in [2.24, 2.45) is 0 Å². The Labute approximate surface area is 108 Å². The minimum absolute atomic E-state index is 0.123. The minimum atomic E-state index is -4.64. The summed E-state index contributed by atoms with van der Waals surface area (Å²) in [5.74, 6) is -2.94. The Morgan fingerprint density at radius 1 is 1.32 bits per heavy atom. The lowest BCUT2D eigenvalue weighted by atomic mass is 9.91. The second kappa shape index (κ2) is 5.77. The summed E-state index contributed by atoms with van der Waals surface area (Å²) in [6.07, 6.45) is -4.64. The van der Waals surface area contributed by atoms with Gasteiger partial charge in [0.25, 0.3) is 0 Å². The summed E-state index contributed by atoms with van der Waals surface area (Å²) in [7, 11) is 2.35. The van der Waals surface area contributed by atoms with E-state index in [1.165, 1.54) is 31.4 Å². The van der Waals surface area contributed by atoms with E-state index in [-0.39, 0.29) is 11.3 Å². The summed E-state index contributed by atoms with van der Waals surface area (Å²) < 4.78 is 48.4. The van der Waals surface area contributed by atoms with E-state index >= 15 is 0 Å². The van der Waals surface area contributed by atoms with E-state index in [9.17, 15) is 18.0 Å². The molecule has 1 aromatic carbocycles. The molecule has 6 heteroatoms. The zero-order chi connectivity index (χ0) is 14.6. The molecule has 19 heavy (non-hydrogen) atoms. The van der Waals surface area contributed by atoms with Crippen LogP contribution < -0.4 is 4.74 Å². The van der Waals surface area contributed by atoms with Crippen LogP contribution in [0.25, 0.3) is 0 Å². The van der Waals surface area contributed by atoms with Crippen molar-refractivity contribution < 1.29 is 27.4 Å². The van der Waals surface area contributed by atoms with Crippen molar-refractivity contribution >= 4 is 5.97 Å². The number of methoxy groups -OCH3 is 2. The first-order valence-corrected chi connectivity index (χ1v) is 5.29. The van der Waals surface area contributed by atoms with E-state index in [1.54, 1.807) is 0 Å². The van der Waals surface area contributed by atoms with Crippen LogP contribution in [0.1, 0.15) is 11.5 Å². The van der Waals surface area contributed by atoms with E-state index in [0.29, 0.717) is 0 Å². The first kappa shape index (κ1) is 15.1. The fourth-order valence-corrected chi connectivity index (χ4v) is 1.66. The number of halogens is 3. The molecule has 3 nitrogen and oxygen atoms in total. The lowest BCUT2D eigenvalue weighted by molar-refractivity contribution is -0.153. The van der Waals surface area contributed by atoms with Gasteiger partial charge in [-0.05, 0) is 17.7 Å². The first-order chi connectivity index (χ1) is 8.81. The zero-order valence-electron chi connectivity index (χ0n) is 10.5. The van der Waals surface area contributed by atoms with Crippen molar-refractivity contribution in [3.05, 3.63) is 42.0 Å². The van der Waals surface area contributed by atoms with E-state index in [1.807, 2.05) is 0 Å². The molecule has 0 saturated heterocycles. The highest BCUT2D eigenvalue weighted by Gasteiger charge is 2.45. The molecule has 0 aliphatic carbocycles. The maximum absolute atomic E-state index is 13.1. The third kappa shape index (κ3) is 3.49. The molecule has 0 aromatic heterocycles. The van der Waals surface area contributed by atoms with Gasteiger partial charge in [0.1, 0.15) is 11.7 Å². The topological polar surface area (TPSA) is 35.5 Å². The molecule has 0 radical (unpaired) electrons. The minimum Gasteiger partial charge on any atom is -0.497 e. The highest BCUT2D eigenvalue weighted by atomic mass is 19.4. The molecule has 0 heterocycles. The number of carbonyl (C=O) groups excluding carboxylic acids is 1. The predicted octanol–water partition coefficient (Wildman–Crippen LogP) is 3.07. The van der Waals surface area contributed by atoms with Crippen molar-refractivity contribution in [1.29, 1.82) is 0 Å². The van der Waals surface area contributed by atoms with Crippen LogP contribution in [0.4, 0.5) is 13.2 Å². The quantitative estimate of drug-likeness (QED) is 0.625. The molecule has 0 N–H and O–H groups in total. The normalized spacial score (nSPS) is 12.7. The average Bonchev–Trinajstić information content (AvgIpc) is 2.36. The van der Waals surface area contributed by atoms with Gasteiger partial charge in [0.2, 0.25) is 0 Å². The number of ether oxygens (including phenoxy) is 2. The summed E-state index contributed by atoms with van der Waals surface area (Å²) in [6, 6.07) is 5.40. The van der Waals surface area contributed by atoms with Gasteiger partial charge in [-0.25, -0.2) is 4.79 Å². The summed E-state index contributed by atoms with van der Waals surface area (Å²) in [5.41, 5.74) is -0.787. The summed E-state index contributed by atoms with van der Waals surface area (Å²) >= 11 is 0. The molecule has 0 amide bonds. The second-order valence-corrected chi connectivity index (χ2v) is 3.77. The van der Waals surface area contributed by atoms with Gasteiger partial charge in [-0.1, -0.05) is 18.7 Å². The molecule has 0 spiro atoms. The number of carbonyl (C=O) groups is 1. The van der Waals surface area contributed by atoms with Crippen molar-refractivity contribution in [2.45, 2.75) is 12.1 Å². The molecule has 0 bridgehead atoms. The molecule has 0 saturated carbocycles. The molecule has 0 fully saturated rings. The highest BCUT2D eigenvalue weighted by molar-refractivity contribution is 5.89. The zero-order valence-corrected chi connectivity index (χ0v) is 10.5. The van der Waals surface area contributed by atoms with Crippen LogP contribution in [0.15, 0.2) is 36.4 Å². The van der Waals surface area contributed by atoms with Gasteiger partial charge in [0.15, 0.2) is 0 Å². The fourth-order valence-electron chi connectivity index (χ4n) is 1.66. The second-order valence-electron chi connectivity index (χ2n) is 3.77. The predicted molar refractivity (Wildman–Crippen MR) is 62.9 cm³/mol. The number of alkyl halides is 3. The van der Waals surface area contributed by atoms with Crippen molar-refractivity contribution in [3.8, 4) is 5.75 Å². The van der Waals surface area contributed by atoms with Crippen LogP contribution in [-0.4, -0.2) is 26.4 Å². The van der Waals surface area contributed by atoms with Gasteiger partial charge in [-0.15, -0.1) is 0 Å². The van der Waals surface area contributed by atoms with Gasteiger partial charge in [0, 0.05) is 5.57 Å². The van der Waals surface area contributed by atoms with Gasteiger partial charge in [-0.3, -0.25) is 0 Å². The van der Waals surface area contributed by atoms with Crippen LogP contribution in [-0.2, 0) is 9.53 Å². The molecule has 104 valence electrons. The largest absolute Gasteiger partial charge is 0.497 e. The standard InChI is InChI=1S/C13H13F3O3/c1-8(12(17)19-3)11(13(14,15)16)9-5-4-6-10(7-9)18-2/h4-7,11H,1H2,2-3H3. The number of hydrogen-bond donors (Lipinski definition) is 0. The molecular formula is C13H13F3O3. The Hall–Kier alpha value is -1.98. The Balaban J connectivity index is 3.24. The van der Waals surface area contributed by atoms with Crippen LogP contribution in [0, 0.1) is 0 Å².